The van der Waals surface area contributed by atoms with Crippen molar-refractivity contribution in [2.75, 3.05) is 5.75 Å². The summed E-state index contributed by atoms with van der Waals surface area (Å²) in [7, 11) is 0. The van der Waals surface area contributed by atoms with Gasteiger partial charge in [0.2, 0.25) is 0 Å². The summed E-state index contributed by atoms with van der Waals surface area (Å²) < 4.78 is 13.5. The van der Waals surface area contributed by atoms with Gasteiger partial charge >= 0.3 is 0 Å². The minimum atomic E-state index is -0.190. The SMILES string of the molecule is CCSc1cccc(F)c1[C@H](N)CC. The smallest absolute Gasteiger partial charge is 0.129 e. The van der Waals surface area contributed by atoms with Gasteiger partial charge in [-0.1, -0.05) is 19.9 Å². The Kier molecular flexibility index (Phi) is 4.42. The Bertz CT molecular complexity index is 301. The lowest BCUT2D eigenvalue weighted by molar-refractivity contribution is 0.566. The Morgan fingerprint density at radius 3 is 2.71 bits per heavy atom. The minimum absolute atomic E-state index is 0.183. The van der Waals surface area contributed by atoms with Gasteiger partial charge in [-0.15, -0.1) is 11.8 Å². The molecule has 78 valence electrons. The Morgan fingerprint density at radius 1 is 1.43 bits per heavy atom. The van der Waals surface area contributed by atoms with Crippen LogP contribution in [0.5, 0.6) is 0 Å². The van der Waals surface area contributed by atoms with Gasteiger partial charge in [0.15, 0.2) is 0 Å². The maximum Gasteiger partial charge on any atom is 0.129 e. The third kappa shape index (κ3) is 2.49. The van der Waals surface area contributed by atoms with E-state index in [1.807, 2.05) is 13.0 Å². The summed E-state index contributed by atoms with van der Waals surface area (Å²) in [5, 5.41) is 0. The average molecular weight is 213 g/mol. The van der Waals surface area contributed by atoms with Gasteiger partial charge in [-0.25, -0.2) is 4.39 Å². The summed E-state index contributed by atoms with van der Waals surface area (Å²) in [6, 6.07) is 4.96. The van der Waals surface area contributed by atoms with Gasteiger partial charge < -0.3 is 5.73 Å². The molecule has 0 spiro atoms. The fourth-order valence-electron chi connectivity index (χ4n) is 1.36. The lowest BCUT2D eigenvalue weighted by Gasteiger charge is -2.14. The quantitative estimate of drug-likeness (QED) is 0.776. The number of halogens is 1. The highest BCUT2D eigenvalue weighted by atomic mass is 32.2. The molecule has 0 fully saturated rings. The van der Waals surface area contributed by atoms with Crippen LogP contribution in [0.1, 0.15) is 31.9 Å². The molecule has 0 radical (unpaired) electrons. The Hall–Kier alpha value is -0.540. The molecule has 0 saturated carbocycles. The molecule has 0 bridgehead atoms. The molecule has 2 N–H and O–H groups in total. The number of rotatable bonds is 4. The van der Waals surface area contributed by atoms with Crippen LogP contribution in [0.2, 0.25) is 0 Å². The van der Waals surface area contributed by atoms with Gasteiger partial charge in [-0.2, -0.15) is 0 Å². The van der Waals surface area contributed by atoms with Crippen LogP contribution in [0.4, 0.5) is 4.39 Å². The normalized spacial score (nSPS) is 12.9. The number of thioether (sulfide) groups is 1. The number of benzene rings is 1. The zero-order chi connectivity index (χ0) is 10.6. The maximum atomic E-state index is 13.5. The van der Waals surface area contributed by atoms with Gasteiger partial charge in [-0.3, -0.25) is 0 Å². The summed E-state index contributed by atoms with van der Waals surface area (Å²) in [6.07, 6.45) is 0.762. The van der Waals surface area contributed by atoms with Crippen molar-refractivity contribution >= 4 is 11.8 Å². The molecule has 3 heteroatoms. The molecule has 1 aromatic carbocycles. The highest BCUT2D eigenvalue weighted by Gasteiger charge is 2.14. The maximum absolute atomic E-state index is 13.5. The largest absolute Gasteiger partial charge is 0.324 e. The first kappa shape index (κ1) is 11.5. The third-order valence-electron chi connectivity index (χ3n) is 2.12. The van der Waals surface area contributed by atoms with Crippen LogP contribution in [0.15, 0.2) is 23.1 Å². The van der Waals surface area contributed by atoms with Gasteiger partial charge in [0.1, 0.15) is 5.82 Å². The number of hydrogen-bond acceptors (Lipinski definition) is 2. The fraction of sp³-hybridized carbons (Fsp3) is 0.455. The van der Waals surface area contributed by atoms with Crippen LogP contribution in [-0.4, -0.2) is 5.75 Å². The van der Waals surface area contributed by atoms with E-state index in [9.17, 15) is 4.39 Å². The molecule has 1 aromatic rings. The Balaban J connectivity index is 3.08. The summed E-state index contributed by atoms with van der Waals surface area (Å²) >= 11 is 1.64. The van der Waals surface area contributed by atoms with Gasteiger partial charge in [0.25, 0.3) is 0 Å². The van der Waals surface area contributed by atoms with Crippen LogP contribution in [-0.2, 0) is 0 Å². The predicted octanol–water partition coefficient (Wildman–Crippen LogP) is 3.35. The van der Waals surface area contributed by atoms with Crippen molar-refractivity contribution in [1.29, 1.82) is 0 Å². The van der Waals surface area contributed by atoms with E-state index in [-0.39, 0.29) is 11.9 Å². The molecule has 0 amide bonds. The summed E-state index contributed by atoms with van der Waals surface area (Å²) in [5.74, 6) is 0.755. The van der Waals surface area contributed by atoms with Crippen molar-refractivity contribution in [3.05, 3.63) is 29.6 Å². The second-order valence-corrected chi connectivity index (χ2v) is 4.41. The van der Waals surface area contributed by atoms with Crippen molar-refractivity contribution < 1.29 is 4.39 Å². The molecule has 0 heterocycles. The molecular weight excluding hydrogens is 197 g/mol. The molecule has 0 unspecified atom stereocenters. The van der Waals surface area contributed by atoms with Gasteiger partial charge in [0, 0.05) is 16.5 Å². The van der Waals surface area contributed by atoms with E-state index in [1.54, 1.807) is 17.8 Å². The molecule has 0 aliphatic rings. The fourth-order valence-corrected chi connectivity index (χ4v) is 2.25. The molecule has 1 nitrogen and oxygen atoms in total. The summed E-state index contributed by atoms with van der Waals surface area (Å²) in [5.41, 5.74) is 6.54. The van der Waals surface area contributed by atoms with Crippen LogP contribution >= 0.6 is 11.8 Å². The third-order valence-corrected chi connectivity index (χ3v) is 3.08. The topological polar surface area (TPSA) is 26.0 Å². The lowest BCUT2D eigenvalue weighted by Crippen LogP contribution is -2.12. The average Bonchev–Trinajstić information content (AvgIpc) is 2.18. The van der Waals surface area contributed by atoms with Gasteiger partial charge in [0.05, 0.1) is 0 Å². The minimum Gasteiger partial charge on any atom is -0.324 e. The molecule has 0 aliphatic carbocycles. The number of nitrogens with two attached hydrogens (primary N) is 1. The zero-order valence-electron chi connectivity index (χ0n) is 8.59. The molecule has 1 atom stereocenters. The second-order valence-electron chi connectivity index (χ2n) is 3.10. The van der Waals surface area contributed by atoms with Crippen molar-refractivity contribution in [3.8, 4) is 0 Å². The van der Waals surface area contributed by atoms with E-state index in [2.05, 4.69) is 6.92 Å². The van der Waals surface area contributed by atoms with Crippen molar-refractivity contribution in [2.45, 2.75) is 31.2 Å². The Morgan fingerprint density at radius 2 is 2.14 bits per heavy atom. The number of hydrogen-bond donors (Lipinski definition) is 1. The van der Waals surface area contributed by atoms with Crippen LogP contribution in [0.3, 0.4) is 0 Å². The summed E-state index contributed by atoms with van der Waals surface area (Å²) in [4.78, 5) is 0.974. The standard InChI is InChI=1S/C11H16FNS/c1-3-9(13)11-8(12)6-5-7-10(11)14-4-2/h5-7,9H,3-4,13H2,1-2H3/t9-/m1/s1. The Labute approximate surface area is 88.9 Å². The molecule has 1 rings (SSSR count). The second kappa shape index (κ2) is 5.37. The monoisotopic (exact) mass is 213 g/mol. The van der Waals surface area contributed by atoms with Gasteiger partial charge in [-0.05, 0) is 24.3 Å². The van der Waals surface area contributed by atoms with E-state index in [1.165, 1.54) is 6.07 Å². The van der Waals surface area contributed by atoms with E-state index in [0.29, 0.717) is 5.56 Å². The van der Waals surface area contributed by atoms with Crippen LogP contribution in [0, 0.1) is 5.82 Å². The zero-order valence-corrected chi connectivity index (χ0v) is 9.40. The van der Waals surface area contributed by atoms with Crippen molar-refractivity contribution in [1.82, 2.24) is 0 Å². The first-order valence-corrected chi connectivity index (χ1v) is 5.86. The molecule has 0 aliphatic heterocycles. The highest BCUT2D eigenvalue weighted by molar-refractivity contribution is 7.99. The van der Waals surface area contributed by atoms with E-state index in [0.717, 1.165) is 17.1 Å². The molecular formula is C11H16FNS. The predicted molar refractivity (Wildman–Crippen MR) is 60.0 cm³/mol. The van der Waals surface area contributed by atoms with Crippen LogP contribution < -0.4 is 5.73 Å². The van der Waals surface area contributed by atoms with E-state index in [4.69, 9.17) is 5.73 Å². The van der Waals surface area contributed by atoms with Crippen molar-refractivity contribution in [3.63, 3.8) is 0 Å². The summed E-state index contributed by atoms with van der Waals surface area (Å²) in [6.45, 7) is 4.02. The lowest BCUT2D eigenvalue weighted by atomic mass is 10.1. The highest BCUT2D eigenvalue weighted by Crippen LogP contribution is 2.29. The van der Waals surface area contributed by atoms with Crippen LogP contribution in [0.25, 0.3) is 0 Å². The first-order chi connectivity index (χ1) is 6.70. The van der Waals surface area contributed by atoms with E-state index < -0.39 is 0 Å². The first-order valence-electron chi connectivity index (χ1n) is 4.87. The van der Waals surface area contributed by atoms with Crippen molar-refractivity contribution in [2.24, 2.45) is 5.73 Å². The molecule has 0 aromatic heterocycles. The molecule has 14 heavy (non-hydrogen) atoms. The van der Waals surface area contributed by atoms with E-state index >= 15 is 0 Å². The molecule has 0 saturated heterocycles.